The van der Waals surface area contributed by atoms with Crippen LogP contribution >= 0.6 is 39.5 Å². The third-order valence-corrected chi connectivity index (χ3v) is 6.35. The molecule has 9 heteroatoms. The third-order valence-electron chi connectivity index (χ3n) is 4.40. The van der Waals surface area contributed by atoms with E-state index in [-0.39, 0.29) is 18.3 Å². The van der Waals surface area contributed by atoms with Gasteiger partial charge >= 0.3 is 0 Å². The molecular weight excluding hydrogens is 462 g/mol. The number of nitrogens with zero attached hydrogens (tertiary/aromatic N) is 3. The summed E-state index contributed by atoms with van der Waals surface area (Å²) in [7, 11) is 1.85. The van der Waals surface area contributed by atoms with Crippen molar-refractivity contribution >= 4 is 56.7 Å². The van der Waals surface area contributed by atoms with E-state index in [4.69, 9.17) is 12.2 Å². The molecule has 4 rings (SSSR count). The second-order valence-corrected chi connectivity index (χ2v) is 8.82. The summed E-state index contributed by atoms with van der Waals surface area (Å²) in [5, 5.41) is 21.5. The van der Waals surface area contributed by atoms with E-state index in [1.165, 1.54) is 11.3 Å². The number of amides is 1. The first kappa shape index (κ1) is 18.9. The summed E-state index contributed by atoms with van der Waals surface area (Å²) >= 11 is 10.0. The molecule has 0 unspecified atom stereocenters. The Morgan fingerprint density at radius 1 is 1.21 bits per heavy atom. The highest BCUT2D eigenvalue weighted by atomic mass is 79.9. The molecule has 2 N–H and O–H groups in total. The molecule has 1 aliphatic rings. The highest BCUT2D eigenvalue weighted by molar-refractivity contribution is 9.10. The molecule has 3 aromatic rings. The van der Waals surface area contributed by atoms with E-state index in [2.05, 4.69) is 20.9 Å². The van der Waals surface area contributed by atoms with Gasteiger partial charge in [-0.15, -0.1) is 11.3 Å². The maximum atomic E-state index is 12.5. The molecule has 0 aliphatic carbocycles. The third kappa shape index (κ3) is 3.25. The first-order chi connectivity index (χ1) is 13.3. The van der Waals surface area contributed by atoms with Crippen LogP contribution in [0.4, 0.5) is 5.69 Å². The normalized spacial score (nSPS) is 12.8. The van der Waals surface area contributed by atoms with E-state index in [0.717, 1.165) is 10.2 Å². The first-order valence-corrected chi connectivity index (χ1v) is 10.2. The number of halogens is 1. The average molecular weight is 476 g/mol. The quantitative estimate of drug-likeness (QED) is 0.567. The van der Waals surface area contributed by atoms with Gasteiger partial charge in [0.25, 0.3) is 5.91 Å². The smallest absolute Gasteiger partial charge is 0.279 e. The van der Waals surface area contributed by atoms with Gasteiger partial charge in [-0.1, -0.05) is 15.9 Å². The number of phenols is 1. The molecule has 0 fully saturated rings. The summed E-state index contributed by atoms with van der Waals surface area (Å²) in [6.07, 6.45) is 0. The van der Waals surface area contributed by atoms with Gasteiger partial charge in [-0.25, -0.2) is 4.99 Å². The van der Waals surface area contributed by atoms with Crippen molar-refractivity contribution in [1.82, 2.24) is 4.57 Å². The van der Waals surface area contributed by atoms with E-state index in [1.54, 1.807) is 34.9 Å². The lowest BCUT2D eigenvalue weighted by Crippen LogP contribution is -2.23. The van der Waals surface area contributed by atoms with Crippen LogP contribution in [0.1, 0.15) is 4.88 Å². The summed E-state index contributed by atoms with van der Waals surface area (Å²) < 4.78 is 2.84. The molecule has 0 atom stereocenters. The number of carbonyl (C=O) groups excluding carboxylic acids is 1. The van der Waals surface area contributed by atoms with E-state index in [0.29, 0.717) is 25.0 Å². The lowest BCUT2D eigenvalue weighted by atomic mass is 10.1. The summed E-state index contributed by atoms with van der Waals surface area (Å²) in [5.41, 5.74) is 1.21. The molecule has 1 aromatic heterocycles. The number of aromatic nitrogens is 1. The Morgan fingerprint density at radius 3 is 2.64 bits per heavy atom. The van der Waals surface area contributed by atoms with E-state index < -0.39 is 5.91 Å². The average Bonchev–Trinajstić information content (AvgIpc) is 3.11. The highest BCUT2D eigenvalue weighted by Gasteiger charge is 2.25. The summed E-state index contributed by atoms with van der Waals surface area (Å²) in [4.78, 5) is 18.8. The fraction of sp³-hybridized carbons (Fsp3) is 0.105. The Hall–Kier alpha value is -2.49. The van der Waals surface area contributed by atoms with Crippen LogP contribution in [-0.2, 0) is 11.5 Å². The Bertz CT molecular complexity index is 1280. The monoisotopic (exact) mass is 475 g/mol. The Balaban J connectivity index is 1.78. The SMILES string of the molecule is CN(Cn1c(O)c(C2=c3cc(Br)ccc3=NC2=O)sc1=S)c1ccc(O)cc1. The zero-order chi connectivity index (χ0) is 20.0. The van der Waals surface area contributed by atoms with Crippen molar-refractivity contribution < 1.29 is 15.0 Å². The number of carbonyl (C=O) groups is 1. The van der Waals surface area contributed by atoms with Crippen LogP contribution in [0.2, 0.25) is 0 Å². The predicted molar refractivity (Wildman–Crippen MR) is 114 cm³/mol. The van der Waals surface area contributed by atoms with Crippen molar-refractivity contribution in [3.05, 3.63) is 66.3 Å². The number of hydrogen-bond acceptors (Lipinski definition) is 6. The fourth-order valence-corrected chi connectivity index (χ4v) is 4.68. The van der Waals surface area contributed by atoms with Crippen LogP contribution in [-0.4, -0.2) is 27.7 Å². The van der Waals surface area contributed by atoms with Gasteiger partial charge < -0.3 is 15.1 Å². The van der Waals surface area contributed by atoms with Crippen LogP contribution in [0.15, 0.2) is 51.9 Å². The van der Waals surface area contributed by atoms with Crippen LogP contribution in [0.3, 0.4) is 0 Å². The maximum Gasteiger partial charge on any atom is 0.279 e. The van der Waals surface area contributed by atoms with Crippen molar-refractivity contribution in [2.45, 2.75) is 6.67 Å². The van der Waals surface area contributed by atoms with Gasteiger partial charge in [0.2, 0.25) is 5.88 Å². The largest absolute Gasteiger partial charge is 0.508 e. The predicted octanol–water partition coefficient (Wildman–Crippen LogP) is 2.91. The van der Waals surface area contributed by atoms with Crippen molar-refractivity contribution in [2.75, 3.05) is 11.9 Å². The van der Waals surface area contributed by atoms with Gasteiger partial charge in [0, 0.05) is 22.4 Å². The second-order valence-electron chi connectivity index (χ2n) is 6.26. The van der Waals surface area contributed by atoms with Crippen LogP contribution in [0, 0.1) is 3.95 Å². The van der Waals surface area contributed by atoms with Gasteiger partial charge in [-0.05, 0) is 54.7 Å². The van der Waals surface area contributed by atoms with Gasteiger partial charge in [0.15, 0.2) is 3.95 Å². The number of benzene rings is 2. The van der Waals surface area contributed by atoms with Crippen LogP contribution < -0.4 is 15.5 Å². The van der Waals surface area contributed by atoms with E-state index in [1.807, 2.05) is 24.1 Å². The molecular formula is C19H14BrN3O3S2. The van der Waals surface area contributed by atoms with Crippen molar-refractivity contribution in [3.63, 3.8) is 0 Å². The van der Waals surface area contributed by atoms with Crippen LogP contribution in [0.25, 0.3) is 5.57 Å². The minimum absolute atomic E-state index is 0.0630. The molecule has 0 spiro atoms. The number of fused-ring (bicyclic) bond motifs is 1. The number of thiazole rings is 1. The molecule has 142 valence electrons. The summed E-state index contributed by atoms with van der Waals surface area (Å²) in [6, 6.07) is 12.1. The van der Waals surface area contributed by atoms with Crippen molar-refractivity contribution in [3.8, 4) is 11.6 Å². The molecule has 0 saturated heterocycles. The van der Waals surface area contributed by atoms with Crippen LogP contribution in [0.5, 0.6) is 11.6 Å². The van der Waals surface area contributed by atoms with Gasteiger partial charge in [-0.2, -0.15) is 0 Å². The first-order valence-electron chi connectivity index (χ1n) is 8.21. The Labute approximate surface area is 177 Å². The minimum Gasteiger partial charge on any atom is -0.508 e. The van der Waals surface area contributed by atoms with Crippen molar-refractivity contribution in [1.29, 1.82) is 0 Å². The second kappa shape index (κ2) is 7.16. The lowest BCUT2D eigenvalue weighted by Gasteiger charge is -2.20. The number of hydrogen-bond donors (Lipinski definition) is 2. The zero-order valence-electron chi connectivity index (χ0n) is 14.6. The Morgan fingerprint density at radius 2 is 1.93 bits per heavy atom. The molecule has 0 saturated carbocycles. The topological polar surface area (TPSA) is 78.1 Å². The number of aromatic hydroxyl groups is 2. The van der Waals surface area contributed by atoms with E-state index in [9.17, 15) is 15.0 Å². The number of anilines is 1. The highest BCUT2D eigenvalue weighted by Crippen LogP contribution is 2.33. The summed E-state index contributed by atoms with van der Waals surface area (Å²) in [6.45, 7) is 0.288. The molecule has 2 aromatic carbocycles. The van der Waals surface area contributed by atoms with Gasteiger partial charge in [0.1, 0.15) is 10.6 Å². The fourth-order valence-electron chi connectivity index (χ4n) is 2.99. The standard InChI is InChI=1S/C19H14BrN3O3S2/c1-22(11-3-5-12(24)6-4-11)9-23-18(26)16(28-19(23)27)15-13-8-10(20)2-7-14(13)21-17(15)25/h2-8,24,26H,9H2,1H3. The molecule has 1 aliphatic heterocycles. The van der Waals surface area contributed by atoms with Gasteiger partial charge in [-0.3, -0.25) is 9.36 Å². The molecule has 0 bridgehead atoms. The molecule has 0 radical (unpaired) electrons. The molecule has 28 heavy (non-hydrogen) atoms. The summed E-state index contributed by atoms with van der Waals surface area (Å²) in [5.74, 6) is -0.273. The lowest BCUT2D eigenvalue weighted by molar-refractivity contribution is -0.112. The maximum absolute atomic E-state index is 12.5. The molecule has 6 nitrogen and oxygen atoms in total. The molecule has 2 heterocycles. The number of phenolic OH excluding ortho intramolecular Hbond substituents is 1. The minimum atomic E-state index is -0.390. The van der Waals surface area contributed by atoms with E-state index >= 15 is 0 Å². The Kier molecular flexibility index (Phi) is 4.82. The number of rotatable bonds is 4. The zero-order valence-corrected chi connectivity index (χ0v) is 17.8. The van der Waals surface area contributed by atoms with Crippen molar-refractivity contribution in [2.24, 2.45) is 4.99 Å². The molecule has 1 amide bonds. The van der Waals surface area contributed by atoms with Gasteiger partial charge in [0.05, 0.1) is 17.6 Å².